The van der Waals surface area contributed by atoms with E-state index < -0.39 is 0 Å². The van der Waals surface area contributed by atoms with Crippen molar-refractivity contribution in [1.82, 2.24) is 9.97 Å². The summed E-state index contributed by atoms with van der Waals surface area (Å²) in [6, 6.07) is 10.0. The lowest BCUT2D eigenvalue weighted by Crippen LogP contribution is -2.07. The first-order chi connectivity index (χ1) is 9.71. The Kier molecular flexibility index (Phi) is 5.31. The molecule has 0 saturated heterocycles. The van der Waals surface area contributed by atoms with Gasteiger partial charge in [-0.2, -0.15) is 0 Å². The summed E-state index contributed by atoms with van der Waals surface area (Å²) >= 11 is 3.42. The number of hydrogen-bond acceptors (Lipinski definition) is 5. The molecule has 106 valence electrons. The van der Waals surface area contributed by atoms with Gasteiger partial charge in [-0.25, -0.2) is 9.97 Å². The summed E-state index contributed by atoms with van der Waals surface area (Å²) < 4.78 is 6.14. The smallest absolute Gasteiger partial charge is 0.158 e. The van der Waals surface area contributed by atoms with Crippen LogP contribution in [0.2, 0.25) is 0 Å². The van der Waals surface area contributed by atoms with Gasteiger partial charge in [0, 0.05) is 31.2 Å². The average Bonchev–Trinajstić information content (AvgIpc) is 2.47. The first-order valence-corrected chi connectivity index (χ1v) is 7.03. The van der Waals surface area contributed by atoms with E-state index in [2.05, 4.69) is 48.7 Å². The Labute approximate surface area is 126 Å². The number of hydrogen-bond donors (Lipinski definition) is 2. The molecule has 1 heterocycles. The van der Waals surface area contributed by atoms with E-state index >= 15 is 0 Å². The van der Waals surface area contributed by atoms with E-state index in [1.54, 1.807) is 7.11 Å². The topological polar surface area (TPSA) is 59.1 Å². The van der Waals surface area contributed by atoms with Crippen LogP contribution in [0.25, 0.3) is 0 Å². The SMILES string of the molecule is CNc1cc(NCc2ccc(Br)cc2)nc(COC)n1. The van der Waals surface area contributed by atoms with Gasteiger partial charge < -0.3 is 15.4 Å². The molecular formula is C14H17BrN4O. The van der Waals surface area contributed by atoms with Crippen LogP contribution < -0.4 is 10.6 Å². The van der Waals surface area contributed by atoms with Crippen LogP contribution in [0.1, 0.15) is 11.4 Å². The zero-order valence-corrected chi connectivity index (χ0v) is 13.1. The van der Waals surface area contributed by atoms with Gasteiger partial charge in [-0.1, -0.05) is 28.1 Å². The van der Waals surface area contributed by atoms with Crippen LogP contribution >= 0.6 is 15.9 Å². The molecule has 0 aliphatic carbocycles. The van der Waals surface area contributed by atoms with Gasteiger partial charge >= 0.3 is 0 Å². The first-order valence-electron chi connectivity index (χ1n) is 6.24. The number of rotatable bonds is 6. The molecule has 0 amide bonds. The predicted octanol–water partition coefficient (Wildman–Crippen LogP) is 3.04. The lowest BCUT2D eigenvalue weighted by molar-refractivity contribution is 0.178. The summed E-state index contributed by atoms with van der Waals surface area (Å²) in [5.41, 5.74) is 1.19. The second-order valence-corrected chi connectivity index (χ2v) is 5.13. The molecule has 0 fully saturated rings. The van der Waals surface area contributed by atoms with Crippen molar-refractivity contribution in [3.63, 3.8) is 0 Å². The van der Waals surface area contributed by atoms with E-state index in [4.69, 9.17) is 4.74 Å². The van der Waals surface area contributed by atoms with E-state index in [0.717, 1.165) is 16.1 Å². The lowest BCUT2D eigenvalue weighted by atomic mass is 10.2. The summed E-state index contributed by atoms with van der Waals surface area (Å²) in [5, 5.41) is 6.31. The van der Waals surface area contributed by atoms with Crippen molar-refractivity contribution in [3.05, 3.63) is 46.2 Å². The molecule has 2 rings (SSSR count). The van der Waals surface area contributed by atoms with E-state index in [1.165, 1.54) is 5.56 Å². The first kappa shape index (κ1) is 14.7. The summed E-state index contributed by atoms with van der Waals surface area (Å²) in [5.74, 6) is 2.20. The molecule has 2 aromatic rings. The van der Waals surface area contributed by atoms with E-state index in [9.17, 15) is 0 Å². The fourth-order valence-electron chi connectivity index (χ4n) is 1.70. The minimum Gasteiger partial charge on any atom is -0.377 e. The summed E-state index contributed by atoms with van der Waals surface area (Å²) in [4.78, 5) is 8.72. The Bertz CT molecular complexity index is 560. The number of methoxy groups -OCH3 is 1. The lowest BCUT2D eigenvalue weighted by Gasteiger charge is -2.09. The predicted molar refractivity (Wildman–Crippen MR) is 83.8 cm³/mol. The van der Waals surface area contributed by atoms with Crippen LogP contribution in [0.3, 0.4) is 0 Å². The van der Waals surface area contributed by atoms with Crippen LogP contribution in [-0.4, -0.2) is 24.1 Å². The van der Waals surface area contributed by atoms with Gasteiger partial charge in [0.2, 0.25) is 0 Å². The normalized spacial score (nSPS) is 10.3. The monoisotopic (exact) mass is 336 g/mol. The molecule has 2 N–H and O–H groups in total. The Morgan fingerprint density at radius 3 is 2.50 bits per heavy atom. The minimum absolute atomic E-state index is 0.391. The quantitative estimate of drug-likeness (QED) is 0.849. The van der Waals surface area contributed by atoms with Crippen molar-refractivity contribution in [3.8, 4) is 0 Å². The third kappa shape index (κ3) is 4.18. The van der Waals surface area contributed by atoms with Crippen LogP contribution in [0.15, 0.2) is 34.8 Å². The third-order valence-corrected chi connectivity index (χ3v) is 3.22. The second kappa shape index (κ2) is 7.21. The molecule has 0 bridgehead atoms. The van der Waals surface area contributed by atoms with E-state index in [-0.39, 0.29) is 0 Å². The number of nitrogens with one attached hydrogen (secondary N) is 2. The van der Waals surface area contributed by atoms with Gasteiger partial charge in [0.1, 0.15) is 18.2 Å². The molecule has 0 spiro atoms. The highest BCUT2D eigenvalue weighted by Crippen LogP contribution is 2.14. The zero-order valence-electron chi connectivity index (χ0n) is 11.5. The van der Waals surface area contributed by atoms with Crippen LogP contribution in [0, 0.1) is 0 Å². The highest BCUT2D eigenvalue weighted by Gasteiger charge is 2.03. The largest absolute Gasteiger partial charge is 0.377 e. The molecule has 0 aliphatic rings. The summed E-state index contributed by atoms with van der Waals surface area (Å²) in [6.07, 6.45) is 0. The highest BCUT2D eigenvalue weighted by molar-refractivity contribution is 9.10. The number of halogens is 1. The molecule has 20 heavy (non-hydrogen) atoms. The average molecular weight is 337 g/mol. The van der Waals surface area contributed by atoms with Gasteiger partial charge in [0.25, 0.3) is 0 Å². The van der Waals surface area contributed by atoms with E-state index in [1.807, 2.05) is 25.2 Å². The van der Waals surface area contributed by atoms with Crippen molar-refractivity contribution >= 4 is 27.6 Å². The second-order valence-electron chi connectivity index (χ2n) is 4.22. The van der Waals surface area contributed by atoms with Crippen molar-refractivity contribution in [2.75, 3.05) is 24.8 Å². The molecule has 1 aromatic carbocycles. The molecule has 0 radical (unpaired) electrons. The maximum atomic E-state index is 5.07. The van der Waals surface area contributed by atoms with Crippen LogP contribution in [-0.2, 0) is 17.9 Å². The van der Waals surface area contributed by atoms with Crippen molar-refractivity contribution in [2.24, 2.45) is 0 Å². The fourth-order valence-corrected chi connectivity index (χ4v) is 1.97. The summed E-state index contributed by atoms with van der Waals surface area (Å²) in [7, 11) is 3.46. The maximum absolute atomic E-state index is 5.07. The Morgan fingerprint density at radius 2 is 1.85 bits per heavy atom. The van der Waals surface area contributed by atoms with Gasteiger partial charge in [0.05, 0.1) is 0 Å². The number of nitrogens with zero attached hydrogens (tertiary/aromatic N) is 2. The molecular weight excluding hydrogens is 320 g/mol. The number of aromatic nitrogens is 2. The number of anilines is 2. The van der Waals surface area contributed by atoms with Crippen molar-refractivity contribution < 1.29 is 4.74 Å². The Balaban J connectivity index is 2.07. The highest BCUT2D eigenvalue weighted by atomic mass is 79.9. The minimum atomic E-state index is 0.391. The van der Waals surface area contributed by atoms with Crippen molar-refractivity contribution in [2.45, 2.75) is 13.2 Å². The molecule has 1 aromatic heterocycles. The van der Waals surface area contributed by atoms with Gasteiger partial charge in [-0.15, -0.1) is 0 Å². The Hall–Kier alpha value is -1.66. The molecule has 5 nitrogen and oxygen atoms in total. The van der Waals surface area contributed by atoms with Gasteiger partial charge in [-0.3, -0.25) is 0 Å². The molecule has 6 heteroatoms. The van der Waals surface area contributed by atoms with Gasteiger partial charge in [0.15, 0.2) is 5.82 Å². The third-order valence-electron chi connectivity index (χ3n) is 2.69. The zero-order chi connectivity index (χ0) is 14.4. The van der Waals surface area contributed by atoms with Crippen LogP contribution in [0.5, 0.6) is 0 Å². The van der Waals surface area contributed by atoms with E-state index in [0.29, 0.717) is 19.0 Å². The standard InChI is InChI=1S/C14H17BrN4O/c1-16-12-7-13(19-14(18-12)9-20-2)17-8-10-3-5-11(15)6-4-10/h3-7H,8-9H2,1-2H3,(H2,16,17,18,19). The molecule has 0 saturated carbocycles. The Morgan fingerprint density at radius 1 is 1.15 bits per heavy atom. The fraction of sp³-hybridized carbons (Fsp3) is 0.286. The molecule has 0 atom stereocenters. The maximum Gasteiger partial charge on any atom is 0.158 e. The van der Waals surface area contributed by atoms with Crippen LogP contribution in [0.4, 0.5) is 11.6 Å². The molecule has 0 aliphatic heterocycles. The number of ether oxygens (including phenoxy) is 1. The number of benzene rings is 1. The molecule has 0 unspecified atom stereocenters. The summed E-state index contributed by atoms with van der Waals surface area (Å²) in [6.45, 7) is 1.10. The van der Waals surface area contributed by atoms with Gasteiger partial charge in [-0.05, 0) is 17.7 Å². The van der Waals surface area contributed by atoms with Crippen molar-refractivity contribution in [1.29, 1.82) is 0 Å².